The van der Waals surface area contributed by atoms with Crippen molar-refractivity contribution in [2.45, 2.75) is 37.6 Å². The number of hydrogen-bond donors (Lipinski definition) is 0. The van der Waals surface area contributed by atoms with Gasteiger partial charge in [-0.1, -0.05) is 61.7 Å². The Hall–Kier alpha value is -3.33. The van der Waals surface area contributed by atoms with Crippen LogP contribution in [0.1, 0.15) is 32.1 Å². The third-order valence-corrected chi connectivity index (χ3v) is 5.58. The molecule has 6 nitrogen and oxygen atoms in total. The summed E-state index contributed by atoms with van der Waals surface area (Å²) < 4.78 is 10.5. The van der Waals surface area contributed by atoms with E-state index in [9.17, 15) is 14.9 Å². The monoisotopic (exact) mass is 406 g/mol. The molecule has 156 valence electrons. The Morgan fingerprint density at radius 3 is 2.23 bits per heavy atom. The van der Waals surface area contributed by atoms with E-state index in [2.05, 4.69) is 6.07 Å². The molecule has 0 aliphatic heterocycles. The predicted molar refractivity (Wildman–Crippen MR) is 113 cm³/mol. The van der Waals surface area contributed by atoms with E-state index in [-0.39, 0.29) is 12.5 Å². The van der Waals surface area contributed by atoms with Crippen molar-refractivity contribution in [1.82, 2.24) is 4.90 Å². The van der Waals surface area contributed by atoms with Gasteiger partial charge in [0.1, 0.15) is 11.3 Å². The molecule has 0 saturated heterocycles. The van der Waals surface area contributed by atoms with Crippen molar-refractivity contribution in [3.05, 3.63) is 54.6 Å². The SMILES string of the molecule is CN(C(=O)COC(=O)COc1ccc(-c2ccccc2)cc1)C1(C#N)CCCCC1. The molecule has 1 saturated carbocycles. The minimum atomic E-state index is -0.793. The maximum atomic E-state index is 12.4. The van der Waals surface area contributed by atoms with Crippen LogP contribution in [0.5, 0.6) is 5.75 Å². The quantitative estimate of drug-likeness (QED) is 0.650. The third kappa shape index (κ3) is 5.18. The summed E-state index contributed by atoms with van der Waals surface area (Å²) in [5.74, 6) is -0.460. The maximum absolute atomic E-state index is 12.4. The number of carbonyl (C=O) groups excluding carboxylic acids is 2. The third-order valence-electron chi connectivity index (χ3n) is 5.58. The van der Waals surface area contributed by atoms with Gasteiger partial charge in [0.25, 0.3) is 5.91 Å². The second-order valence-electron chi connectivity index (χ2n) is 7.50. The molecule has 0 spiro atoms. The first-order valence-electron chi connectivity index (χ1n) is 10.2. The lowest BCUT2D eigenvalue weighted by atomic mass is 9.81. The molecule has 1 amide bonds. The summed E-state index contributed by atoms with van der Waals surface area (Å²) >= 11 is 0. The molecule has 1 aliphatic carbocycles. The van der Waals surface area contributed by atoms with Crippen molar-refractivity contribution in [2.75, 3.05) is 20.3 Å². The van der Waals surface area contributed by atoms with Gasteiger partial charge in [0.15, 0.2) is 13.2 Å². The predicted octanol–water partition coefficient (Wildman–Crippen LogP) is 3.96. The first-order chi connectivity index (χ1) is 14.5. The lowest BCUT2D eigenvalue weighted by Gasteiger charge is -2.38. The van der Waals surface area contributed by atoms with Gasteiger partial charge in [0.2, 0.25) is 0 Å². The Balaban J connectivity index is 1.45. The van der Waals surface area contributed by atoms with E-state index in [1.807, 2.05) is 42.5 Å². The number of amides is 1. The number of benzene rings is 2. The molecule has 3 rings (SSSR count). The highest BCUT2D eigenvalue weighted by Gasteiger charge is 2.38. The molecule has 30 heavy (non-hydrogen) atoms. The molecular formula is C24H26N2O4. The Bertz CT molecular complexity index is 897. The summed E-state index contributed by atoms with van der Waals surface area (Å²) in [4.78, 5) is 25.8. The average Bonchev–Trinajstić information content (AvgIpc) is 2.82. The highest BCUT2D eigenvalue weighted by atomic mass is 16.6. The molecule has 1 fully saturated rings. The topological polar surface area (TPSA) is 79.6 Å². The number of carbonyl (C=O) groups is 2. The molecule has 0 unspecified atom stereocenters. The minimum Gasteiger partial charge on any atom is -0.482 e. The first-order valence-corrected chi connectivity index (χ1v) is 10.2. The van der Waals surface area contributed by atoms with Gasteiger partial charge in [-0.3, -0.25) is 4.79 Å². The number of ether oxygens (including phenoxy) is 2. The summed E-state index contributed by atoms with van der Waals surface area (Å²) in [6, 6.07) is 19.6. The van der Waals surface area contributed by atoms with Crippen molar-refractivity contribution in [2.24, 2.45) is 0 Å². The van der Waals surface area contributed by atoms with Gasteiger partial charge in [-0.2, -0.15) is 5.26 Å². The maximum Gasteiger partial charge on any atom is 0.344 e. The Morgan fingerprint density at radius 2 is 1.60 bits per heavy atom. The van der Waals surface area contributed by atoms with Crippen LogP contribution >= 0.6 is 0 Å². The fraction of sp³-hybridized carbons (Fsp3) is 0.375. The zero-order valence-electron chi connectivity index (χ0n) is 17.2. The van der Waals surface area contributed by atoms with Gasteiger partial charge in [-0.25, -0.2) is 4.79 Å². The van der Waals surface area contributed by atoms with Crippen LogP contribution < -0.4 is 4.74 Å². The number of esters is 1. The fourth-order valence-electron chi connectivity index (χ4n) is 3.69. The molecule has 0 radical (unpaired) electrons. The number of rotatable bonds is 7. The molecule has 0 atom stereocenters. The molecular weight excluding hydrogens is 380 g/mol. The van der Waals surface area contributed by atoms with Crippen LogP contribution in [-0.2, 0) is 14.3 Å². The fourth-order valence-corrected chi connectivity index (χ4v) is 3.69. The lowest BCUT2D eigenvalue weighted by Crippen LogP contribution is -2.51. The van der Waals surface area contributed by atoms with Crippen molar-refractivity contribution >= 4 is 11.9 Å². The summed E-state index contributed by atoms with van der Waals surface area (Å²) in [5.41, 5.74) is 1.35. The van der Waals surface area contributed by atoms with E-state index < -0.39 is 18.1 Å². The number of likely N-dealkylation sites (N-methyl/N-ethyl adjacent to an activating group) is 1. The Morgan fingerprint density at radius 1 is 0.967 bits per heavy atom. The molecule has 2 aromatic carbocycles. The van der Waals surface area contributed by atoms with E-state index in [0.29, 0.717) is 18.6 Å². The lowest BCUT2D eigenvalue weighted by molar-refractivity contribution is -0.155. The van der Waals surface area contributed by atoms with Gasteiger partial charge >= 0.3 is 5.97 Å². The van der Waals surface area contributed by atoms with Crippen LogP contribution in [0.4, 0.5) is 0 Å². The van der Waals surface area contributed by atoms with Crippen LogP contribution in [0.2, 0.25) is 0 Å². The summed E-state index contributed by atoms with van der Waals surface area (Å²) in [5, 5.41) is 9.57. The first kappa shape index (κ1) is 21.4. The van der Waals surface area contributed by atoms with E-state index in [4.69, 9.17) is 9.47 Å². The highest BCUT2D eigenvalue weighted by Crippen LogP contribution is 2.32. The average molecular weight is 406 g/mol. The highest BCUT2D eigenvalue weighted by molar-refractivity contribution is 5.81. The molecule has 0 heterocycles. The molecule has 1 aliphatic rings. The van der Waals surface area contributed by atoms with Crippen molar-refractivity contribution in [1.29, 1.82) is 5.26 Å². The van der Waals surface area contributed by atoms with Crippen molar-refractivity contribution in [3.63, 3.8) is 0 Å². The van der Waals surface area contributed by atoms with Gasteiger partial charge in [0, 0.05) is 7.05 Å². The summed E-state index contributed by atoms with van der Waals surface area (Å²) in [6.07, 6.45) is 4.22. The van der Waals surface area contributed by atoms with Crippen LogP contribution in [0.25, 0.3) is 11.1 Å². The second-order valence-corrected chi connectivity index (χ2v) is 7.50. The molecule has 0 bridgehead atoms. The van der Waals surface area contributed by atoms with E-state index in [1.165, 1.54) is 4.90 Å². The zero-order chi connectivity index (χ0) is 21.4. The van der Waals surface area contributed by atoms with Crippen molar-refractivity contribution in [3.8, 4) is 22.9 Å². The Kier molecular flexibility index (Phi) is 7.08. The van der Waals surface area contributed by atoms with E-state index >= 15 is 0 Å². The summed E-state index contributed by atoms with van der Waals surface area (Å²) in [7, 11) is 1.61. The number of nitriles is 1. The van der Waals surface area contributed by atoms with Gasteiger partial charge in [-0.15, -0.1) is 0 Å². The smallest absolute Gasteiger partial charge is 0.344 e. The molecule has 0 aromatic heterocycles. The van der Waals surface area contributed by atoms with Gasteiger partial charge in [-0.05, 0) is 36.1 Å². The summed E-state index contributed by atoms with van der Waals surface area (Å²) in [6.45, 7) is -0.680. The molecule has 0 N–H and O–H groups in total. The normalized spacial score (nSPS) is 14.9. The molecule has 2 aromatic rings. The minimum absolute atomic E-state index is 0.287. The standard InChI is InChI=1S/C24H26N2O4/c1-26(24(18-25)14-6-3-7-15-24)22(27)16-30-23(28)17-29-21-12-10-20(11-13-21)19-8-4-2-5-9-19/h2,4-5,8-13H,3,6-7,14-17H2,1H3. The van der Waals surface area contributed by atoms with Crippen LogP contribution in [0.15, 0.2) is 54.6 Å². The van der Waals surface area contributed by atoms with E-state index in [1.54, 1.807) is 19.2 Å². The largest absolute Gasteiger partial charge is 0.482 e. The van der Waals surface area contributed by atoms with E-state index in [0.717, 1.165) is 30.4 Å². The second kappa shape index (κ2) is 9.93. The Labute approximate surface area is 177 Å². The molecule has 6 heteroatoms. The van der Waals surface area contributed by atoms with Crippen LogP contribution in [0.3, 0.4) is 0 Å². The zero-order valence-corrected chi connectivity index (χ0v) is 17.2. The number of nitrogens with zero attached hydrogens (tertiary/aromatic N) is 2. The van der Waals surface area contributed by atoms with Crippen molar-refractivity contribution < 1.29 is 19.1 Å². The van der Waals surface area contributed by atoms with Gasteiger partial charge < -0.3 is 14.4 Å². The van der Waals surface area contributed by atoms with Crippen LogP contribution in [0, 0.1) is 11.3 Å². The van der Waals surface area contributed by atoms with Gasteiger partial charge in [0.05, 0.1) is 6.07 Å². The number of hydrogen-bond acceptors (Lipinski definition) is 5. The van der Waals surface area contributed by atoms with Crippen LogP contribution in [-0.4, -0.2) is 42.6 Å².